The van der Waals surface area contributed by atoms with Gasteiger partial charge in [-0.2, -0.15) is 0 Å². The number of nitrogens with zero attached hydrogens (tertiary/aromatic N) is 1. The normalized spacial score (nSPS) is 10.7. The van der Waals surface area contributed by atoms with E-state index in [9.17, 15) is 4.79 Å². The number of aromatic nitrogens is 1. The van der Waals surface area contributed by atoms with E-state index in [0.29, 0.717) is 16.6 Å². The third-order valence-corrected chi connectivity index (χ3v) is 4.69. The molecule has 0 bridgehead atoms. The number of thiazole rings is 1. The van der Waals surface area contributed by atoms with Crippen LogP contribution in [-0.4, -0.2) is 32.2 Å². The molecule has 0 saturated carbocycles. The number of benzene rings is 2. The Hall–Kier alpha value is -3.32. The van der Waals surface area contributed by atoms with Gasteiger partial charge in [0.2, 0.25) is 5.91 Å². The lowest BCUT2D eigenvalue weighted by Crippen LogP contribution is -2.07. The first kappa shape index (κ1) is 19.4. The van der Waals surface area contributed by atoms with Gasteiger partial charge < -0.3 is 14.2 Å². The lowest BCUT2D eigenvalue weighted by molar-refractivity contribution is -0.111. The first-order valence-corrected chi connectivity index (χ1v) is 9.32. The predicted octanol–water partition coefficient (Wildman–Crippen LogP) is 4.49. The molecule has 0 atom stereocenters. The third kappa shape index (κ3) is 4.69. The quantitative estimate of drug-likeness (QED) is 0.596. The van der Waals surface area contributed by atoms with Crippen molar-refractivity contribution in [1.82, 2.24) is 4.98 Å². The number of hydrogen-bond donors (Lipinski definition) is 1. The molecular formula is C21H20N2O4S. The molecule has 1 aromatic heterocycles. The van der Waals surface area contributed by atoms with Crippen LogP contribution in [0.3, 0.4) is 0 Å². The molecule has 2 aromatic carbocycles. The van der Waals surface area contributed by atoms with E-state index in [1.54, 1.807) is 39.5 Å². The van der Waals surface area contributed by atoms with E-state index in [-0.39, 0.29) is 5.91 Å². The van der Waals surface area contributed by atoms with Crippen LogP contribution in [0.4, 0.5) is 5.13 Å². The van der Waals surface area contributed by atoms with E-state index < -0.39 is 0 Å². The highest BCUT2D eigenvalue weighted by atomic mass is 32.1. The van der Waals surface area contributed by atoms with Gasteiger partial charge in [0.15, 0.2) is 16.6 Å². The highest BCUT2D eigenvalue weighted by Crippen LogP contribution is 2.29. The Morgan fingerprint density at radius 1 is 1.04 bits per heavy atom. The number of ether oxygens (including phenoxy) is 3. The van der Waals surface area contributed by atoms with Crippen LogP contribution < -0.4 is 19.5 Å². The number of rotatable bonds is 7. The van der Waals surface area contributed by atoms with Crippen LogP contribution in [0.1, 0.15) is 5.56 Å². The lowest BCUT2D eigenvalue weighted by Gasteiger charge is -2.07. The Balaban J connectivity index is 1.67. The van der Waals surface area contributed by atoms with Crippen molar-refractivity contribution >= 4 is 28.5 Å². The van der Waals surface area contributed by atoms with Gasteiger partial charge in [-0.1, -0.05) is 18.2 Å². The fourth-order valence-electron chi connectivity index (χ4n) is 2.52. The first-order chi connectivity index (χ1) is 13.6. The smallest absolute Gasteiger partial charge is 0.250 e. The minimum Gasteiger partial charge on any atom is -0.497 e. The van der Waals surface area contributed by atoms with E-state index >= 15 is 0 Å². The molecule has 0 unspecified atom stereocenters. The largest absolute Gasteiger partial charge is 0.497 e. The van der Waals surface area contributed by atoms with Gasteiger partial charge in [-0.05, 0) is 35.9 Å². The molecule has 0 spiro atoms. The summed E-state index contributed by atoms with van der Waals surface area (Å²) >= 11 is 1.36. The number of nitrogens with one attached hydrogen (secondary N) is 1. The molecule has 0 aliphatic carbocycles. The summed E-state index contributed by atoms with van der Waals surface area (Å²) in [6.07, 6.45) is 3.15. The number of carbonyl (C=O) groups excluding carboxylic acids is 1. The molecule has 0 aliphatic rings. The van der Waals surface area contributed by atoms with Crippen LogP contribution in [0.15, 0.2) is 53.9 Å². The molecule has 7 heteroatoms. The Morgan fingerprint density at radius 2 is 1.86 bits per heavy atom. The average molecular weight is 396 g/mol. The van der Waals surface area contributed by atoms with Gasteiger partial charge in [0.25, 0.3) is 0 Å². The van der Waals surface area contributed by atoms with Gasteiger partial charge in [-0.3, -0.25) is 10.1 Å². The highest BCUT2D eigenvalue weighted by molar-refractivity contribution is 7.14. The summed E-state index contributed by atoms with van der Waals surface area (Å²) in [5.74, 6) is 1.74. The van der Waals surface area contributed by atoms with Crippen LogP contribution >= 0.6 is 11.3 Å². The van der Waals surface area contributed by atoms with Crippen molar-refractivity contribution in [3.63, 3.8) is 0 Å². The van der Waals surface area contributed by atoms with Crippen molar-refractivity contribution in [2.45, 2.75) is 0 Å². The second-order valence-electron chi connectivity index (χ2n) is 5.71. The van der Waals surface area contributed by atoms with Gasteiger partial charge in [0, 0.05) is 17.0 Å². The molecule has 1 heterocycles. The summed E-state index contributed by atoms with van der Waals surface area (Å²) in [6.45, 7) is 0. The standard InChI is InChI=1S/C21H20N2O4S/c1-25-16-6-4-5-15(12-16)17-13-28-21(22-17)23-20(24)10-8-14-7-9-18(26-2)19(11-14)27-3/h4-13H,1-3H3,(H,22,23,24)/b10-8+. The molecule has 0 aliphatic heterocycles. The minimum atomic E-state index is -0.263. The lowest BCUT2D eigenvalue weighted by atomic mass is 10.2. The average Bonchev–Trinajstić information content (AvgIpc) is 3.20. The Bertz CT molecular complexity index is 998. The third-order valence-electron chi connectivity index (χ3n) is 3.93. The monoisotopic (exact) mass is 396 g/mol. The van der Waals surface area contributed by atoms with E-state index in [1.807, 2.05) is 35.7 Å². The van der Waals surface area contributed by atoms with E-state index in [2.05, 4.69) is 10.3 Å². The Labute approximate surface area is 167 Å². The molecule has 6 nitrogen and oxygen atoms in total. The predicted molar refractivity (Wildman–Crippen MR) is 111 cm³/mol. The van der Waals surface area contributed by atoms with Crippen molar-refractivity contribution < 1.29 is 19.0 Å². The zero-order valence-electron chi connectivity index (χ0n) is 15.8. The van der Waals surface area contributed by atoms with E-state index in [0.717, 1.165) is 22.6 Å². The minimum absolute atomic E-state index is 0.263. The van der Waals surface area contributed by atoms with Crippen LogP contribution in [0, 0.1) is 0 Å². The molecule has 1 amide bonds. The van der Waals surface area contributed by atoms with E-state index in [4.69, 9.17) is 14.2 Å². The summed E-state index contributed by atoms with van der Waals surface area (Å²) in [7, 11) is 4.77. The maximum atomic E-state index is 12.2. The second-order valence-corrected chi connectivity index (χ2v) is 6.56. The van der Waals surface area contributed by atoms with Crippen LogP contribution in [0.25, 0.3) is 17.3 Å². The van der Waals surface area contributed by atoms with Crippen molar-refractivity contribution in [3.8, 4) is 28.5 Å². The van der Waals surface area contributed by atoms with Crippen molar-refractivity contribution in [2.75, 3.05) is 26.6 Å². The molecule has 28 heavy (non-hydrogen) atoms. The van der Waals surface area contributed by atoms with Crippen molar-refractivity contribution in [2.24, 2.45) is 0 Å². The maximum Gasteiger partial charge on any atom is 0.250 e. The fourth-order valence-corrected chi connectivity index (χ4v) is 3.24. The van der Waals surface area contributed by atoms with Crippen LogP contribution in [0.2, 0.25) is 0 Å². The van der Waals surface area contributed by atoms with Crippen molar-refractivity contribution in [3.05, 3.63) is 59.5 Å². The van der Waals surface area contributed by atoms with Gasteiger partial charge in [0.05, 0.1) is 27.0 Å². The summed E-state index contributed by atoms with van der Waals surface area (Å²) in [5.41, 5.74) is 2.53. The molecule has 0 saturated heterocycles. The number of amides is 1. The fraction of sp³-hybridized carbons (Fsp3) is 0.143. The molecular weight excluding hydrogens is 376 g/mol. The Morgan fingerprint density at radius 3 is 2.61 bits per heavy atom. The second kappa shape index (κ2) is 9.05. The first-order valence-electron chi connectivity index (χ1n) is 8.44. The summed E-state index contributed by atoms with van der Waals surface area (Å²) in [4.78, 5) is 16.7. The van der Waals surface area contributed by atoms with Crippen LogP contribution in [0.5, 0.6) is 17.2 Å². The number of hydrogen-bond acceptors (Lipinski definition) is 6. The number of carbonyl (C=O) groups is 1. The van der Waals surface area contributed by atoms with Gasteiger partial charge in [-0.15, -0.1) is 11.3 Å². The SMILES string of the molecule is COc1cccc(-c2csc(NC(=O)/C=C/c3ccc(OC)c(OC)c3)n2)c1. The van der Waals surface area contributed by atoms with Crippen molar-refractivity contribution in [1.29, 1.82) is 0 Å². The molecule has 0 fully saturated rings. The number of methoxy groups -OCH3 is 3. The molecule has 144 valence electrons. The topological polar surface area (TPSA) is 69.7 Å². The van der Waals surface area contributed by atoms with Gasteiger partial charge >= 0.3 is 0 Å². The van der Waals surface area contributed by atoms with Gasteiger partial charge in [-0.25, -0.2) is 4.98 Å². The summed E-state index contributed by atoms with van der Waals surface area (Å²) in [6, 6.07) is 13.0. The van der Waals surface area contributed by atoms with Crippen LogP contribution in [-0.2, 0) is 4.79 Å². The van der Waals surface area contributed by atoms with E-state index in [1.165, 1.54) is 17.4 Å². The zero-order chi connectivity index (χ0) is 19.9. The summed E-state index contributed by atoms with van der Waals surface area (Å²) in [5, 5.41) is 5.20. The molecule has 3 aromatic rings. The zero-order valence-corrected chi connectivity index (χ0v) is 16.6. The summed E-state index contributed by atoms with van der Waals surface area (Å²) < 4.78 is 15.7. The highest BCUT2D eigenvalue weighted by Gasteiger charge is 2.08. The molecule has 0 radical (unpaired) electrons. The number of anilines is 1. The molecule has 1 N–H and O–H groups in total. The Kier molecular flexibility index (Phi) is 6.29. The maximum absolute atomic E-state index is 12.2. The molecule has 3 rings (SSSR count). The van der Waals surface area contributed by atoms with Gasteiger partial charge in [0.1, 0.15) is 5.75 Å².